The first-order valence-corrected chi connectivity index (χ1v) is 11.4. The lowest BCUT2D eigenvalue weighted by molar-refractivity contribution is 0.0976. The van der Waals surface area contributed by atoms with Gasteiger partial charge in [0.05, 0.1) is 35.3 Å². The maximum absolute atomic E-state index is 14.8. The monoisotopic (exact) mass is 483 g/mol. The number of pyridine rings is 1. The van der Waals surface area contributed by atoms with Crippen LogP contribution in [0.3, 0.4) is 0 Å². The number of benzene rings is 1. The van der Waals surface area contributed by atoms with Gasteiger partial charge in [0.15, 0.2) is 0 Å². The van der Waals surface area contributed by atoms with E-state index in [2.05, 4.69) is 10.1 Å². The number of aryl methyl sites for hydroxylation is 1. The second-order valence-electron chi connectivity index (χ2n) is 7.75. The van der Waals surface area contributed by atoms with Crippen molar-refractivity contribution in [1.29, 1.82) is 0 Å². The van der Waals surface area contributed by atoms with Crippen molar-refractivity contribution >= 4 is 38.6 Å². The number of amides is 1. The molecule has 0 unspecified atom stereocenters. The lowest BCUT2D eigenvalue weighted by atomic mass is 10.1. The van der Waals surface area contributed by atoms with Gasteiger partial charge in [-0.15, -0.1) is 0 Å². The van der Waals surface area contributed by atoms with Crippen molar-refractivity contribution in [3.05, 3.63) is 46.5 Å². The van der Waals surface area contributed by atoms with Crippen molar-refractivity contribution in [2.24, 2.45) is 5.92 Å². The molecule has 3 aromatic rings. The van der Waals surface area contributed by atoms with Gasteiger partial charge < -0.3 is 4.74 Å². The van der Waals surface area contributed by atoms with Crippen LogP contribution >= 0.6 is 11.6 Å². The van der Waals surface area contributed by atoms with E-state index in [1.54, 1.807) is 13.0 Å². The van der Waals surface area contributed by atoms with Crippen molar-refractivity contribution in [3.8, 4) is 11.6 Å². The smallest absolute Gasteiger partial charge is 0.303 e. The number of fused-ring (bicyclic) bond motifs is 1. The summed E-state index contributed by atoms with van der Waals surface area (Å²) in [5.74, 6) is -1.40. The van der Waals surface area contributed by atoms with E-state index in [1.165, 1.54) is 31.0 Å². The van der Waals surface area contributed by atoms with Gasteiger partial charge in [0, 0.05) is 25.5 Å². The zero-order valence-corrected chi connectivity index (χ0v) is 19.8. The molecule has 0 radical (unpaired) electrons. The summed E-state index contributed by atoms with van der Waals surface area (Å²) in [6.45, 7) is 6.14. The molecule has 2 aromatic heterocycles. The van der Waals surface area contributed by atoms with Gasteiger partial charge in [0.2, 0.25) is 5.88 Å². The number of carbonyl (C=O) groups excluding carboxylic acids is 1. The molecule has 1 aromatic carbocycles. The average molecular weight is 484 g/mol. The number of ether oxygens (including phenoxy) is 1. The van der Waals surface area contributed by atoms with Crippen LogP contribution in [0, 0.1) is 18.7 Å². The quantitative estimate of drug-likeness (QED) is 0.553. The molecular formula is C20H23ClFN5O4S. The normalized spacial score (nSPS) is 12.0. The van der Waals surface area contributed by atoms with Crippen molar-refractivity contribution in [3.63, 3.8) is 0 Å². The maximum atomic E-state index is 14.8. The third-order valence-corrected chi connectivity index (χ3v) is 6.17. The van der Waals surface area contributed by atoms with Crippen molar-refractivity contribution < 1.29 is 22.3 Å². The summed E-state index contributed by atoms with van der Waals surface area (Å²) in [6.07, 6.45) is 1.50. The van der Waals surface area contributed by atoms with Gasteiger partial charge in [-0.2, -0.15) is 17.8 Å². The predicted octanol–water partition coefficient (Wildman–Crippen LogP) is 3.09. The topological polar surface area (TPSA) is 106 Å². The van der Waals surface area contributed by atoms with Gasteiger partial charge in [0.25, 0.3) is 5.91 Å². The standard InChI is InChI=1S/C20H23ClFN5O4S/c1-11(2)10-31-20-16(21)6-13(9-23-20)27-18-8-17(22)15(7-14(18)12(3)24-27)19(28)25-32(29,30)26(4)5/h6-9,11H,10H2,1-5H3,(H,25,28). The van der Waals surface area contributed by atoms with Crippen LogP contribution in [0.4, 0.5) is 4.39 Å². The van der Waals surface area contributed by atoms with Crippen LogP contribution < -0.4 is 9.46 Å². The number of nitrogens with zero attached hydrogens (tertiary/aromatic N) is 4. The van der Waals surface area contributed by atoms with Crippen LogP contribution in [-0.2, 0) is 10.2 Å². The Morgan fingerprint density at radius 1 is 1.31 bits per heavy atom. The fourth-order valence-electron chi connectivity index (χ4n) is 2.80. The van der Waals surface area contributed by atoms with E-state index in [1.807, 2.05) is 18.6 Å². The SMILES string of the molecule is Cc1nn(-c2cnc(OCC(C)C)c(Cl)c2)c2cc(F)c(C(=O)NS(=O)(=O)N(C)C)cc12. The summed E-state index contributed by atoms with van der Waals surface area (Å²) in [6, 6.07) is 3.97. The zero-order valence-electron chi connectivity index (χ0n) is 18.2. The second-order valence-corrected chi connectivity index (χ2v) is 10.0. The van der Waals surface area contributed by atoms with Crippen molar-refractivity contribution in [2.45, 2.75) is 20.8 Å². The summed E-state index contributed by atoms with van der Waals surface area (Å²) in [5, 5.41) is 5.14. The Morgan fingerprint density at radius 3 is 2.59 bits per heavy atom. The number of nitrogens with one attached hydrogen (secondary N) is 1. The Balaban J connectivity index is 2.01. The maximum Gasteiger partial charge on any atom is 0.303 e. The second kappa shape index (κ2) is 9.00. The van der Waals surface area contributed by atoms with Crippen molar-refractivity contribution in [2.75, 3.05) is 20.7 Å². The molecule has 2 heterocycles. The zero-order chi connectivity index (χ0) is 23.8. The minimum atomic E-state index is -4.07. The van der Waals surface area contributed by atoms with E-state index in [0.29, 0.717) is 34.8 Å². The van der Waals surface area contributed by atoms with E-state index in [4.69, 9.17) is 16.3 Å². The Kier molecular flexibility index (Phi) is 6.72. The van der Waals surface area contributed by atoms with Crippen LogP contribution in [0.5, 0.6) is 5.88 Å². The predicted molar refractivity (Wildman–Crippen MR) is 119 cm³/mol. The molecule has 12 heteroatoms. The molecule has 1 amide bonds. The number of halogens is 2. The molecule has 0 saturated heterocycles. The summed E-state index contributed by atoms with van der Waals surface area (Å²) in [4.78, 5) is 16.6. The van der Waals surface area contributed by atoms with Crippen LogP contribution in [0.1, 0.15) is 29.9 Å². The Labute approximate surface area is 190 Å². The van der Waals surface area contributed by atoms with Gasteiger partial charge in [-0.1, -0.05) is 25.4 Å². The van der Waals surface area contributed by atoms with Gasteiger partial charge in [0.1, 0.15) is 10.8 Å². The van der Waals surface area contributed by atoms with Gasteiger partial charge in [-0.3, -0.25) is 4.79 Å². The van der Waals surface area contributed by atoms with E-state index in [0.717, 1.165) is 10.4 Å². The highest BCUT2D eigenvalue weighted by Crippen LogP contribution is 2.29. The lowest BCUT2D eigenvalue weighted by Crippen LogP contribution is -2.39. The van der Waals surface area contributed by atoms with E-state index < -0.39 is 27.5 Å². The Bertz CT molecular complexity index is 1290. The third-order valence-electron chi connectivity index (χ3n) is 4.49. The lowest BCUT2D eigenvalue weighted by Gasteiger charge is -2.13. The molecule has 0 aliphatic carbocycles. The average Bonchev–Trinajstić information content (AvgIpc) is 3.01. The van der Waals surface area contributed by atoms with E-state index >= 15 is 0 Å². The van der Waals surface area contributed by atoms with Crippen LogP contribution in [-0.4, -0.2) is 54.1 Å². The molecular weight excluding hydrogens is 461 g/mol. The van der Waals surface area contributed by atoms with Gasteiger partial charge >= 0.3 is 10.2 Å². The Hall–Kier alpha value is -2.76. The molecule has 0 fully saturated rings. The van der Waals surface area contributed by atoms with Crippen LogP contribution in [0.2, 0.25) is 5.02 Å². The molecule has 0 bridgehead atoms. The molecule has 9 nitrogen and oxygen atoms in total. The molecule has 32 heavy (non-hydrogen) atoms. The molecule has 0 aliphatic rings. The number of hydrogen-bond donors (Lipinski definition) is 1. The molecule has 0 aliphatic heterocycles. The summed E-state index contributed by atoms with van der Waals surface area (Å²) in [7, 11) is -1.57. The number of carbonyl (C=O) groups is 1. The van der Waals surface area contributed by atoms with Crippen LogP contribution in [0.15, 0.2) is 24.4 Å². The first kappa shape index (κ1) is 23.9. The highest BCUT2D eigenvalue weighted by Gasteiger charge is 2.23. The van der Waals surface area contributed by atoms with Gasteiger partial charge in [-0.25, -0.2) is 18.8 Å². The first-order valence-electron chi connectivity index (χ1n) is 9.63. The third kappa shape index (κ3) is 4.84. The highest BCUT2D eigenvalue weighted by molar-refractivity contribution is 7.87. The summed E-state index contributed by atoms with van der Waals surface area (Å²) < 4.78 is 48.3. The van der Waals surface area contributed by atoms with E-state index in [-0.39, 0.29) is 10.9 Å². The largest absolute Gasteiger partial charge is 0.476 e. The molecule has 0 spiro atoms. The Morgan fingerprint density at radius 2 is 2.00 bits per heavy atom. The molecule has 0 atom stereocenters. The molecule has 172 valence electrons. The minimum absolute atomic E-state index is 0.273. The summed E-state index contributed by atoms with van der Waals surface area (Å²) in [5.41, 5.74) is 0.914. The van der Waals surface area contributed by atoms with Crippen LogP contribution in [0.25, 0.3) is 16.6 Å². The summed E-state index contributed by atoms with van der Waals surface area (Å²) >= 11 is 6.29. The molecule has 3 rings (SSSR count). The number of rotatable bonds is 7. The fraction of sp³-hybridized carbons (Fsp3) is 0.350. The van der Waals surface area contributed by atoms with E-state index in [9.17, 15) is 17.6 Å². The van der Waals surface area contributed by atoms with Crippen molar-refractivity contribution in [1.82, 2.24) is 23.8 Å². The first-order chi connectivity index (χ1) is 14.9. The highest BCUT2D eigenvalue weighted by atomic mass is 35.5. The molecule has 0 saturated carbocycles. The number of aromatic nitrogens is 3. The minimum Gasteiger partial charge on any atom is -0.476 e. The van der Waals surface area contributed by atoms with Gasteiger partial charge in [-0.05, 0) is 25.0 Å². The fourth-order valence-corrected chi connectivity index (χ4v) is 3.54. The molecule has 1 N–H and O–H groups in total. The number of hydrogen-bond acceptors (Lipinski definition) is 6.